The summed E-state index contributed by atoms with van der Waals surface area (Å²) >= 11 is 6.32. The minimum Gasteiger partial charge on any atom is -0.294 e. The molecule has 1 aromatic carbocycles. The summed E-state index contributed by atoms with van der Waals surface area (Å²) < 4.78 is 0. The molecule has 2 aliphatic carbocycles. The molecule has 4 rings (SSSR count). The number of allylic oxidation sites excluding steroid dienone is 2. The first-order chi connectivity index (χ1) is 11.9. The van der Waals surface area contributed by atoms with Crippen LogP contribution in [0.1, 0.15) is 56.9 Å². The van der Waals surface area contributed by atoms with Crippen LogP contribution in [0.25, 0.3) is 0 Å². The number of carbonyl (C=O) groups is 1. The van der Waals surface area contributed by atoms with E-state index in [1.54, 1.807) is 0 Å². The molecule has 0 aliphatic heterocycles. The Labute approximate surface area is 153 Å². The lowest BCUT2D eigenvalue weighted by molar-refractivity contribution is -0.118. The van der Waals surface area contributed by atoms with Crippen LogP contribution < -0.4 is 0 Å². The number of halogens is 1. The van der Waals surface area contributed by atoms with E-state index in [0.29, 0.717) is 11.4 Å². The summed E-state index contributed by atoms with van der Waals surface area (Å²) in [4.78, 5) is 13.3. The predicted octanol–water partition coefficient (Wildman–Crippen LogP) is 5.00. The molecule has 0 spiro atoms. The van der Waals surface area contributed by atoms with Gasteiger partial charge in [-0.15, -0.1) is 0 Å². The zero-order chi connectivity index (χ0) is 17.8. The fourth-order valence-electron chi connectivity index (χ4n) is 4.93. The molecule has 0 bridgehead atoms. The van der Waals surface area contributed by atoms with Crippen LogP contribution in [0.3, 0.4) is 0 Å². The van der Waals surface area contributed by atoms with Crippen LogP contribution in [-0.4, -0.2) is 16.0 Å². The molecule has 2 aromatic rings. The van der Waals surface area contributed by atoms with Crippen LogP contribution in [-0.2, 0) is 16.6 Å². The van der Waals surface area contributed by atoms with Gasteiger partial charge in [-0.3, -0.25) is 9.89 Å². The van der Waals surface area contributed by atoms with Gasteiger partial charge in [-0.1, -0.05) is 50.1 Å². The Morgan fingerprint density at radius 1 is 1.28 bits per heavy atom. The molecule has 0 radical (unpaired) electrons. The van der Waals surface area contributed by atoms with E-state index in [4.69, 9.17) is 11.6 Å². The van der Waals surface area contributed by atoms with Gasteiger partial charge in [0.15, 0.2) is 5.78 Å². The number of Topliss-reactive ketones (excluding diaryl/α,β-unsaturated/α-hetero) is 1. The molecule has 1 N–H and O–H groups in total. The summed E-state index contributed by atoms with van der Waals surface area (Å²) in [5.41, 5.74) is 5.17. The van der Waals surface area contributed by atoms with Crippen molar-refractivity contribution in [1.29, 1.82) is 0 Å². The number of hydrogen-bond acceptors (Lipinski definition) is 2. The lowest BCUT2D eigenvalue weighted by atomic mass is 9.57. The van der Waals surface area contributed by atoms with Crippen molar-refractivity contribution in [3.8, 4) is 0 Å². The number of hydrogen-bond donors (Lipinski definition) is 1. The van der Waals surface area contributed by atoms with Crippen LogP contribution in [0.2, 0.25) is 5.02 Å². The number of aromatic nitrogens is 2. The smallest absolute Gasteiger partial charge is 0.160 e. The van der Waals surface area contributed by atoms with Crippen LogP contribution in [0.5, 0.6) is 0 Å². The summed E-state index contributed by atoms with van der Waals surface area (Å²) in [6.45, 7) is 6.52. The van der Waals surface area contributed by atoms with Gasteiger partial charge in [0.25, 0.3) is 0 Å². The topological polar surface area (TPSA) is 45.8 Å². The lowest BCUT2D eigenvalue weighted by Gasteiger charge is -2.45. The highest BCUT2D eigenvalue weighted by molar-refractivity contribution is 6.30. The van der Waals surface area contributed by atoms with E-state index < -0.39 is 5.41 Å². The van der Waals surface area contributed by atoms with Crippen molar-refractivity contribution < 1.29 is 4.79 Å². The molecule has 3 nitrogen and oxygen atoms in total. The summed E-state index contributed by atoms with van der Waals surface area (Å²) in [6, 6.07) is 7.95. The van der Waals surface area contributed by atoms with Gasteiger partial charge in [0.1, 0.15) is 0 Å². The SMILES string of the molecule is CC[C@@]1(c2cccc(Cl)c2)C2=C(Cc3[nH]ncc31)CC(C)(C)CC2=O. The zero-order valence-electron chi connectivity index (χ0n) is 14.9. The van der Waals surface area contributed by atoms with Crippen LogP contribution in [0.4, 0.5) is 0 Å². The zero-order valence-corrected chi connectivity index (χ0v) is 15.7. The molecule has 0 saturated heterocycles. The molecule has 0 unspecified atom stereocenters. The maximum Gasteiger partial charge on any atom is 0.160 e. The molecule has 1 aromatic heterocycles. The molecular formula is C21H23ClN2O. The summed E-state index contributed by atoms with van der Waals surface area (Å²) in [5.74, 6) is 0.278. The number of rotatable bonds is 2. The lowest BCUT2D eigenvalue weighted by Crippen LogP contribution is -2.42. The molecule has 0 fully saturated rings. The molecule has 130 valence electrons. The van der Waals surface area contributed by atoms with Crippen molar-refractivity contribution in [3.05, 3.63) is 63.5 Å². The second-order valence-electron chi connectivity index (χ2n) is 8.13. The van der Waals surface area contributed by atoms with E-state index in [1.807, 2.05) is 24.4 Å². The van der Waals surface area contributed by atoms with E-state index in [9.17, 15) is 4.79 Å². The largest absolute Gasteiger partial charge is 0.294 e. The number of ketones is 1. The Morgan fingerprint density at radius 3 is 2.80 bits per heavy atom. The van der Waals surface area contributed by atoms with Crippen LogP contribution in [0.15, 0.2) is 41.6 Å². The van der Waals surface area contributed by atoms with Crippen molar-refractivity contribution in [2.75, 3.05) is 0 Å². The quantitative estimate of drug-likeness (QED) is 0.824. The van der Waals surface area contributed by atoms with Gasteiger partial charge in [-0.25, -0.2) is 0 Å². The van der Waals surface area contributed by atoms with Crippen LogP contribution in [0, 0.1) is 5.41 Å². The predicted molar refractivity (Wildman–Crippen MR) is 99.9 cm³/mol. The highest BCUT2D eigenvalue weighted by Gasteiger charge is 2.49. The molecule has 25 heavy (non-hydrogen) atoms. The number of H-pyrrole nitrogens is 1. The third-order valence-corrected chi connectivity index (χ3v) is 6.04. The Hall–Kier alpha value is -1.87. The third-order valence-electron chi connectivity index (χ3n) is 5.81. The minimum atomic E-state index is -0.450. The van der Waals surface area contributed by atoms with Gasteiger partial charge in [-0.05, 0) is 36.0 Å². The second-order valence-corrected chi connectivity index (χ2v) is 8.56. The van der Waals surface area contributed by atoms with Crippen molar-refractivity contribution in [2.24, 2.45) is 5.41 Å². The molecule has 1 heterocycles. The van der Waals surface area contributed by atoms with E-state index in [-0.39, 0.29) is 11.2 Å². The standard InChI is InChI=1S/C21H23ClN2O/c1-4-21(14-6-5-7-15(22)9-14)16-12-23-24-17(16)8-13-10-20(2,3)11-18(25)19(13)21/h5-7,9,12H,4,8,10-11H2,1-3H3,(H,23,24)/t21-/m0/s1. The Bertz CT molecular complexity index is 893. The number of benzene rings is 1. The maximum absolute atomic E-state index is 13.3. The van der Waals surface area contributed by atoms with Crippen LogP contribution >= 0.6 is 11.6 Å². The molecule has 2 aliphatic rings. The van der Waals surface area contributed by atoms with Gasteiger partial charge in [0, 0.05) is 34.7 Å². The van der Waals surface area contributed by atoms with E-state index in [2.05, 4.69) is 37.0 Å². The summed E-state index contributed by atoms with van der Waals surface area (Å²) in [5, 5.41) is 8.20. The molecular weight excluding hydrogens is 332 g/mol. The van der Waals surface area contributed by atoms with E-state index in [0.717, 1.165) is 41.7 Å². The molecule has 1 atom stereocenters. The third kappa shape index (κ3) is 2.40. The van der Waals surface area contributed by atoms with Crippen molar-refractivity contribution >= 4 is 17.4 Å². The number of carbonyl (C=O) groups excluding carboxylic acids is 1. The highest BCUT2D eigenvalue weighted by atomic mass is 35.5. The Morgan fingerprint density at radius 2 is 2.08 bits per heavy atom. The number of nitrogens with zero attached hydrogens (tertiary/aromatic N) is 1. The monoisotopic (exact) mass is 354 g/mol. The van der Waals surface area contributed by atoms with Crippen molar-refractivity contribution in [2.45, 2.75) is 51.9 Å². The van der Waals surface area contributed by atoms with Crippen molar-refractivity contribution in [1.82, 2.24) is 10.2 Å². The first kappa shape index (κ1) is 16.6. The van der Waals surface area contributed by atoms with E-state index in [1.165, 1.54) is 5.57 Å². The number of fused-ring (bicyclic) bond motifs is 1. The molecule has 0 saturated carbocycles. The van der Waals surface area contributed by atoms with Gasteiger partial charge in [0.05, 0.1) is 11.6 Å². The fourth-order valence-corrected chi connectivity index (χ4v) is 5.12. The van der Waals surface area contributed by atoms with E-state index >= 15 is 0 Å². The Kier molecular flexibility index (Phi) is 3.69. The van der Waals surface area contributed by atoms with Gasteiger partial charge in [-0.2, -0.15) is 5.10 Å². The van der Waals surface area contributed by atoms with Gasteiger partial charge >= 0.3 is 0 Å². The summed E-state index contributed by atoms with van der Waals surface area (Å²) in [7, 11) is 0. The number of aromatic amines is 1. The van der Waals surface area contributed by atoms with Crippen molar-refractivity contribution in [3.63, 3.8) is 0 Å². The first-order valence-electron chi connectivity index (χ1n) is 8.92. The molecule has 4 heteroatoms. The second kappa shape index (κ2) is 5.57. The summed E-state index contributed by atoms with van der Waals surface area (Å²) in [6.07, 6.45) is 5.06. The van der Waals surface area contributed by atoms with Gasteiger partial charge < -0.3 is 0 Å². The average molecular weight is 355 g/mol. The number of nitrogens with one attached hydrogen (secondary N) is 1. The fraction of sp³-hybridized carbons (Fsp3) is 0.429. The highest BCUT2D eigenvalue weighted by Crippen LogP contribution is 2.53. The maximum atomic E-state index is 13.3. The average Bonchev–Trinajstić information content (AvgIpc) is 3.00. The first-order valence-corrected chi connectivity index (χ1v) is 9.29. The molecule has 0 amide bonds. The minimum absolute atomic E-state index is 0.0151. The van der Waals surface area contributed by atoms with Gasteiger partial charge in [0.2, 0.25) is 0 Å². The normalized spacial score (nSPS) is 24.9. The Balaban J connectivity index is 2.04.